The molecule has 0 spiro atoms. The van der Waals surface area contributed by atoms with Crippen molar-refractivity contribution < 1.29 is 4.79 Å². The molecule has 92 valence electrons. The van der Waals surface area contributed by atoms with Gasteiger partial charge in [-0.25, -0.2) is 4.98 Å². The Morgan fingerprint density at radius 2 is 1.67 bits per heavy atom. The highest BCUT2D eigenvalue weighted by Gasteiger charge is 2.18. The van der Waals surface area contributed by atoms with Gasteiger partial charge >= 0.3 is 0 Å². The molecule has 0 fully saturated rings. The number of fused-ring (bicyclic) bond motifs is 2. The first-order chi connectivity index (χ1) is 8.84. The zero-order valence-corrected chi connectivity index (χ0v) is 10.4. The third kappa shape index (κ3) is 2.18. The van der Waals surface area contributed by atoms with Crippen molar-refractivity contribution in [2.45, 2.75) is 13.8 Å². The lowest BCUT2D eigenvalue weighted by molar-refractivity contribution is 0.102. The van der Waals surface area contributed by atoms with Crippen molar-refractivity contribution in [3.63, 3.8) is 0 Å². The van der Waals surface area contributed by atoms with Crippen LogP contribution in [0, 0.1) is 0 Å². The van der Waals surface area contributed by atoms with E-state index >= 15 is 0 Å². The lowest BCUT2D eigenvalue weighted by Crippen LogP contribution is -2.10. The van der Waals surface area contributed by atoms with Gasteiger partial charge < -0.3 is 10.6 Å². The fourth-order valence-corrected chi connectivity index (χ4v) is 1.71. The molecule has 2 heterocycles. The van der Waals surface area contributed by atoms with Gasteiger partial charge in [0.25, 0.3) is 5.91 Å². The van der Waals surface area contributed by atoms with Gasteiger partial charge in [-0.3, -0.25) is 4.79 Å². The average molecular weight is 241 g/mol. The summed E-state index contributed by atoms with van der Waals surface area (Å²) in [5.74, 6) is 0.552. The number of benzene rings is 1. The monoisotopic (exact) mass is 241 g/mol. The summed E-state index contributed by atoms with van der Waals surface area (Å²) in [7, 11) is 0. The Kier molecular flexibility index (Phi) is 3.57. The molecule has 1 aliphatic rings. The van der Waals surface area contributed by atoms with E-state index in [0.29, 0.717) is 17.1 Å². The molecule has 0 saturated carbocycles. The topological polar surface area (TPSA) is 54.0 Å². The lowest BCUT2D eigenvalue weighted by atomic mass is 10.1. The van der Waals surface area contributed by atoms with E-state index in [1.165, 1.54) is 0 Å². The van der Waals surface area contributed by atoms with Crippen LogP contribution in [0.25, 0.3) is 0 Å². The van der Waals surface area contributed by atoms with Gasteiger partial charge in [0.1, 0.15) is 0 Å². The van der Waals surface area contributed by atoms with Crippen LogP contribution in [-0.4, -0.2) is 10.9 Å². The molecule has 0 radical (unpaired) electrons. The third-order valence-electron chi connectivity index (χ3n) is 2.48. The van der Waals surface area contributed by atoms with Crippen LogP contribution in [-0.2, 0) is 0 Å². The average Bonchev–Trinajstić information content (AvgIpc) is 2.57. The molecule has 0 atom stereocenters. The van der Waals surface area contributed by atoms with Gasteiger partial charge in [-0.1, -0.05) is 26.0 Å². The van der Waals surface area contributed by atoms with E-state index in [9.17, 15) is 4.79 Å². The molecule has 2 aromatic rings. The highest BCUT2D eigenvalue weighted by Crippen LogP contribution is 2.29. The first-order valence-electron chi connectivity index (χ1n) is 5.97. The summed E-state index contributed by atoms with van der Waals surface area (Å²) >= 11 is 0. The van der Waals surface area contributed by atoms with Crippen molar-refractivity contribution in [3.05, 3.63) is 48.2 Å². The summed E-state index contributed by atoms with van der Waals surface area (Å²) in [5.41, 5.74) is 2.10. The Morgan fingerprint density at radius 1 is 0.944 bits per heavy atom. The van der Waals surface area contributed by atoms with Gasteiger partial charge in [0.05, 0.1) is 16.9 Å². The summed E-state index contributed by atoms with van der Waals surface area (Å²) in [6, 6.07) is 11.0. The standard InChI is InChI=1S/C12H9N3O.C2H6/c16-12-8-4-1-2-5-9(8)14-11-10(15-12)6-3-7-13-11;1-2/h1-7H,(H,13,14)(H,15,16);1-2H3. The van der Waals surface area contributed by atoms with Crippen molar-refractivity contribution in [3.8, 4) is 0 Å². The molecule has 1 aliphatic heterocycles. The van der Waals surface area contributed by atoms with Crippen molar-refractivity contribution in [2.24, 2.45) is 0 Å². The molecule has 4 nitrogen and oxygen atoms in total. The first-order valence-corrected chi connectivity index (χ1v) is 5.97. The van der Waals surface area contributed by atoms with E-state index in [2.05, 4.69) is 15.6 Å². The van der Waals surface area contributed by atoms with Crippen LogP contribution in [0.5, 0.6) is 0 Å². The predicted octanol–water partition coefficient (Wildman–Crippen LogP) is 3.42. The molecule has 3 rings (SSSR count). The number of hydrogen-bond acceptors (Lipinski definition) is 3. The normalized spacial score (nSPS) is 11.8. The minimum atomic E-state index is -0.116. The molecule has 1 aromatic carbocycles. The maximum absolute atomic E-state index is 11.9. The van der Waals surface area contributed by atoms with E-state index in [4.69, 9.17) is 0 Å². The van der Waals surface area contributed by atoms with Crippen molar-refractivity contribution in [1.82, 2.24) is 4.98 Å². The minimum Gasteiger partial charge on any atom is -0.338 e. The molecule has 0 bridgehead atoms. The second kappa shape index (κ2) is 5.31. The van der Waals surface area contributed by atoms with E-state index in [1.807, 2.05) is 38.1 Å². The van der Waals surface area contributed by atoms with Crippen LogP contribution in [0.3, 0.4) is 0 Å². The van der Waals surface area contributed by atoms with Gasteiger partial charge in [0.2, 0.25) is 0 Å². The van der Waals surface area contributed by atoms with Crippen molar-refractivity contribution >= 4 is 23.1 Å². The van der Waals surface area contributed by atoms with Gasteiger partial charge in [-0.05, 0) is 24.3 Å². The Bertz CT molecular complexity index is 566. The fourth-order valence-electron chi connectivity index (χ4n) is 1.71. The fraction of sp³-hybridized carbons (Fsp3) is 0.143. The molecule has 0 aliphatic carbocycles. The zero-order valence-electron chi connectivity index (χ0n) is 10.4. The van der Waals surface area contributed by atoms with Crippen LogP contribution in [0.1, 0.15) is 24.2 Å². The molecule has 0 saturated heterocycles. The Balaban J connectivity index is 0.000000574. The van der Waals surface area contributed by atoms with E-state index in [1.54, 1.807) is 18.3 Å². The number of nitrogens with zero attached hydrogens (tertiary/aromatic N) is 1. The van der Waals surface area contributed by atoms with Gasteiger partial charge in [-0.2, -0.15) is 0 Å². The highest BCUT2D eigenvalue weighted by atomic mass is 16.1. The van der Waals surface area contributed by atoms with Crippen LogP contribution in [0.4, 0.5) is 17.2 Å². The van der Waals surface area contributed by atoms with Gasteiger partial charge in [0, 0.05) is 6.20 Å². The Morgan fingerprint density at radius 3 is 2.50 bits per heavy atom. The highest BCUT2D eigenvalue weighted by molar-refractivity contribution is 6.11. The molecular weight excluding hydrogens is 226 g/mol. The summed E-state index contributed by atoms with van der Waals surface area (Å²) in [4.78, 5) is 16.1. The summed E-state index contributed by atoms with van der Waals surface area (Å²) in [6.07, 6.45) is 1.69. The molecule has 1 amide bonds. The molecular formula is C14H15N3O. The van der Waals surface area contributed by atoms with E-state index in [-0.39, 0.29) is 5.91 Å². The quantitative estimate of drug-likeness (QED) is 0.743. The number of carbonyl (C=O) groups excluding carboxylic acids is 1. The van der Waals surface area contributed by atoms with E-state index < -0.39 is 0 Å². The minimum absolute atomic E-state index is 0.116. The summed E-state index contributed by atoms with van der Waals surface area (Å²) in [6.45, 7) is 4.00. The van der Waals surface area contributed by atoms with Crippen LogP contribution < -0.4 is 10.6 Å². The number of rotatable bonds is 0. The number of aromatic nitrogens is 1. The maximum Gasteiger partial charge on any atom is 0.257 e. The number of carbonyl (C=O) groups is 1. The number of amides is 1. The smallest absolute Gasteiger partial charge is 0.257 e. The molecule has 0 unspecified atom stereocenters. The molecule has 2 N–H and O–H groups in total. The van der Waals surface area contributed by atoms with E-state index in [0.717, 1.165) is 5.69 Å². The first kappa shape index (κ1) is 12.1. The van der Waals surface area contributed by atoms with Crippen LogP contribution in [0.2, 0.25) is 0 Å². The largest absolute Gasteiger partial charge is 0.338 e. The van der Waals surface area contributed by atoms with Gasteiger partial charge in [-0.15, -0.1) is 0 Å². The van der Waals surface area contributed by atoms with Crippen molar-refractivity contribution in [2.75, 3.05) is 10.6 Å². The predicted molar refractivity (Wildman–Crippen MR) is 73.3 cm³/mol. The summed E-state index contributed by atoms with van der Waals surface area (Å²) < 4.78 is 0. The van der Waals surface area contributed by atoms with Crippen LogP contribution in [0.15, 0.2) is 42.6 Å². The Labute approximate surface area is 106 Å². The number of nitrogens with one attached hydrogen (secondary N) is 2. The zero-order chi connectivity index (χ0) is 13.0. The Hall–Kier alpha value is -2.36. The SMILES string of the molecule is CC.O=C1Nc2cccnc2Nc2ccccc21. The molecule has 1 aromatic heterocycles. The second-order valence-corrected chi connectivity index (χ2v) is 3.52. The molecule has 18 heavy (non-hydrogen) atoms. The number of anilines is 3. The summed E-state index contributed by atoms with van der Waals surface area (Å²) in [5, 5.41) is 5.95. The second-order valence-electron chi connectivity index (χ2n) is 3.52. The third-order valence-corrected chi connectivity index (χ3v) is 2.48. The number of para-hydroxylation sites is 1. The number of pyridine rings is 1. The molecule has 4 heteroatoms. The number of hydrogen-bond donors (Lipinski definition) is 2. The lowest BCUT2D eigenvalue weighted by Gasteiger charge is -2.05. The van der Waals surface area contributed by atoms with Crippen LogP contribution >= 0.6 is 0 Å². The van der Waals surface area contributed by atoms with Gasteiger partial charge in [0.15, 0.2) is 5.82 Å². The maximum atomic E-state index is 11.9. The van der Waals surface area contributed by atoms with Crippen molar-refractivity contribution in [1.29, 1.82) is 0 Å².